The van der Waals surface area contributed by atoms with Crippen LogP contribution in [-0.2, 0) is 11.0 Å². The zero-order chi connectivity index (χ0) is 27.8. The molecule has 0 unspecified atom stereocenters. The number of ether oxygens (including phenoxy) is 2. The molecule has 1 fully saturated rings. The third-order valence-corrected chi connectivity index (χ3v) is 12.4. The van der Waals surface area contributed by atoms with Gasteiger partial charge in [-0.05, 0) is 55.1 Å². The van der Waals surface area contributed by atoms with E-state index in [0.29, 0.717) is 12.5 Å². The Hall–Kier alpha value is -3.43. The van der Waals surface area contributed by atoms with Crippen LogP contribution in [-0.4, -0.2) is 48.6 Å². The number of hydrogen-bond acceptors (Lipinski definition) is 7. The number of nitrogens with zero attached hydrogens (tertiary/aromatic N) is 5. The molecule has 2 aromatic carbocycles. The molecule has 0 atom stereocenters. The molecule has 9 heteroatoms. The van der Waals surface area contributed by atoms with E-state index in [1.54, 1.807) is 26.7 Å². The van der Waals surface area contributed by atoms with E-state index < -0.39 is 8.32 Å². The fourth-order valence-corrected chi connectivity index (χ4v) is 5.13. The molecule has 0 bridgehead atoms. The molecule has 1 saturated carbocycles. The lowest BCUT2D eigenvalue weighted by molar-refractivity contribution is 0.272. The monoisotopic (exact) mass is 545 g/mol. The van der Waals surface area contributed by atoms with Crippen molar-refractivity contribution in [2.75, 3.05) is 25.7 Å². The van der Waals surface area contributed by atoms with Crippen molar-refractivity contribution in [1.82, 2.24) is 19.5 Å². The SMILES string of the molecule is COc1cc(OC)cc(N(CC2CC2)c2ccc3ncc(-n4cnc(CO[Si](C)(C)C(C)(C)C)c4)nc3c2)c1. The lowest BCUT2D eigenvalue weighted by Crippen LogP contribution is -2.40. The van der Waals surface area contributed by atoms with Crippen molar-refractivity contribution in [2.24, 2.45) is 5.92 Å². The van der Waals surface area contributed by atoms with Crippen LogP contribution in [0, 0.1) is 5.92 Å². The number of hydrogen-bond donors (Lipinski definition) is 0. The van der Waals surface area contributed by atoms with E-state index in [9.17, 15) is 0 Å². The van der Waals surface area contributed by atoms with E-state index in [-0.39, 0.29) is 5.04 Å². The number of aromatic nitrogens is 4. The Morgan fingerprint density at radius 2 is 1.67 bits per heavy atom. The number of imidazole rings is 1. The summed E-state index contributed by atoms with van der Waals surface area (Å²) in [5, 5.41) is 0.153. The third-order valence-electron chi connectivity index (χ3n) is 7.90. The van der Waals surface area contributed by atoms with Crippen LogP contribution in [0.4, 0.5) is 11.4 Å². The second-order valence-electron chi connectivity index (χ2n) is 11.8. The molecule has 4 aromatic rings. The van der Waals surface area contributed by atoms with Gasteiger partial charge in [-0.3, -0.25) is 9.55 Å². The molecule has 39 heavy (non-hydrogen) atoms. The number of rotatable bonds is 10. The molecular formula is C30H39N5O3Si. The normalized spacial score (nSPS) is 14.0. The minimum absolute atomic E-state index is 0.153. The largest absolute Gasteiger partial charge is 0.497 e. The highest BCUT2D eigenvalue weighted by molar-refractivity contribution is 6.74. The number of benzene rings is 2. The summed E-state index contributed by atoms with van der Waals surface area (Å²) in [7, 11) is 1.50. The smallest absolute Gasteiger partial charge is 0.192 e. The van der Waals surface area contributed by atoms with Gasteiger partial charge < -0.3 is 18.8 Å². The fraction of sp³-hybridized carbons (Fsp3) is 0.433. The number of methoxy groups -OCH3 is 2. The van der Waals surface area contributed by atoms with Gasteiger partial charge in [0.05, 0.1) is 43.8 Å². The Kier molecular flexibility index (Phi) is 7.39. The average Bonchev–Trinajstić information content (AvgIpc) is 3.62. The molecule has 0 saturated heterocycles. The maximum Gasteiger partial charge on any atom is 0.192 e. The van der Waals surface area contributed by atoms with Gasteiger partial charge in [0, 0.05) is 42.3 Å². The van der Waals surface area contributed by atoms with Crippen molar-refractivity contribution < 1.29 is 13.9 Å². The Morgan fingerprint density at radius 3 is 2.31 bits per heavy atom. The van der Waals surface area contributed by atoms with Gasteiger partial charge in [-0.2, -0.15) is 0 Å². The van der Waals surface area contributed by atoms with Gasteiger partial charge in [0.1, 0.15) is 17.8 Å². The Labute approximate surface area is 232 Å². The topological polar surface area (TPSA) is 74.5 Å². The van der Waals surface area contributed by atoms with Crippen LogP contribution in [0.25, 0.3) is 16.9 Å². The zero-order valence-electron chi connectivity index (χ0n) is 24.1. The summed E-state index contributed by atoms with van der Waals surface area (Å²) in [4.78, 5) is 16.5. The quantitative estimate of drug-likeness (QED) is 0.201. The van der Waals surface area contributed by atoms with Gasteiger partial charge in [0.2, 0.25) is 0 Å². The summed E-state index contributed by atoms with van der Waals surface area (Å²) in [5.41, 5.74) is 4.65. The first-order chi connectivity index (χ1) is 18.6. The molecule has 0 N–H and O–H groups in total. The molecule has 2 heterocycles. The highest BCUT2D eigenvalue weighted by Gasteiger charge is 2.37. The first kappa shape index (κ1) is 27.1. The summed E-state index contributed by atoms with van der Waals surface area (Å²) < 4.78 is 19.4. The van der Waals surface area contributed by atoms with Crippen molar-refractivity contribution >= 4 is 30.7 Å². The molecule has 8 nitrogen and oxygen atoms in total. The van der Waals surface area contributed by atoms with Gasteiger partial charge in [-0.25, -0.2) is 9.97 Å². The molecule has 206 valence electrons. The molecule has 2 aromatic heterocycles. The molecule has 0 radical (unpaired) electrons. The van der Waals surface area contributed by atoms with E-state index in [2.05, 4.69) is 68.0 Å². The molecule has 0 aliphatic heterocycles. The molecule has 0 spiro atoms. The summed E-state index contributed by atoms with van der Waals surface area (Å²) in [6.45, 7) is 12.7. The minimum Gasteiger partial charge on any atom is -0.497 e. The van der Waals surface area contributed by atoms with Crippen molar-refractivity contribution in [3.8, 4) is 17.3 Å². The first-order valence-corrected chi connectivity index (χ1v) is 16.4. The van der Waals surface area contributed by atoms with Crippen LogP contribution in [0.3, 0.4) is 0 Å². The Balaban J connectivity index is 1.43. The minimum atomic E-state index is -1.86. The van der Waals surface area contributed by atoms with Crippen molar-refractivity contribution in [3.63, 3.8) is 0 Å². The summed E-state index contributed by atoms with van der Waals surface area (Å²) in [5.74, 6) is 2.93. The maximum atomic E-state index is 6.36. The summed E-state index contributed by atoms with van der Waals surface area (Å²) in [6.07, 6.45) is 8.05. The number of anilines is 2. The van der Waals surface area contributed by atoms with Gasteiger partial charge in [-0.15, -0.1) is 0 Å². The van der Waals surface area contributed by atoms with Crippen LogP contribution in [0.1, 0.15) is 39.3 Å². The van der Waals surface area contributed by atoms with Gasteiger partial charge >= 0.3 is 0 Å². The van der Waals surface area contributed by atoms with E-state index in [1.807, 2.05) is 22.9 Å². The van der Waals surface area contributed by atoms with E-state index in [1.165, 1.54) is 12.8 Å². The van der Waals surface area contributed by atoms with Crippen LogP contribution >= 0.6 is 0 Å². The Bertz CT molecular complexity index is 1440. The van der Waals surface area contributed by atoms with E-state index >= 15 is 0 Å². The second kappa shape index (κ2) is 10.6. The third kappa shape index (κ3) is 6.09. The standard InChI is InChI=1S/C30H39N5O3Si/c1-30(2,3)39(6,7)38-19-22-18-34(20-32-22)29-16-31-27-11-10-23(14-28(27)33-29)35(17-21-8-9-21)24-12-25(36-4)15-26(13-24)37-5/h10-16,18,20-21H,8-9,17,19H2,1-7H3. The zero-order valence-corrected chi connectivity index (χ0v) is 25.1. The summed E-state index contributed by atoms with van der Waals surface area (Å²) >= 11 is 0. The van der Waals surface area contributed by atoms with Gasteiger partial charge in [-0.1, -0.05) is 20.8 Å². The van der Waals surface area contributed by atoms with Crippen LogP contribution in [0.2, 0.25) is 18.1 Å². The molecule has 0 amide bonds. The van der Waals surface area contributed by atoms with Crippen molar-refractivity contribution in [2.45, 2.75) is 58.4 Å². The predicted molar refractivity (Wildman–Crippen MR) is 158 cm³/mol. The van der Waals surface area contributed by atoms with E-state index in [4.69, 9.17) is 23.9 Å². The lowest BCUT2D eigenvalue weighted by atomic mass is 10.2. The van der Waals surface area contributed by atoms with Crippen LogP contribution in [0.15, 0.2) is 55.1 Å². The predicted octanol–water partition coefficient (Wildman–Crippen LogP) is 6.90. The van der Waals surface area contributed by atoms with Crippen molar-refractivity contribution in [1.29, 1.82) is 0 Å². The molecule has 1 aliphatic carbocycles. The highest BCUT2D eigenvalue weighted by atomic mass is 28.4. The molecule has 1 aliphatic rings. The second-order valence-corrected chi connectivity index (χ2v) is 16.7. The molecular weight excluding hydrogens is 506 g/mol. The van der Waals surface area contributed by atoms with Gasteiger partial charge in [0.15, 0.2) is 14.1 Å². The molecule has 5 rings (SSSR count). The van der Waals surface area contributed by atoms with Crippen LogP contribution < -0.4 is 14.4 Å². The van der Waals surface area contributed by atoms with Gasteiger partial charge in [0.25, 0.3) is 0 Å². The van der Waals surface area contributed by atoms with Crippen LogP contribution in [0.5, 0.6) is 11.5 Å². The summed E-state index contributed by atoms with van der Waals surface area (Å²) in [6, 6.07) is 12.3. The average molecular weight is 546 g/mol. The highest BCUT2D eigenvalue weighted by Crippen LogP contribution is 2.39. The van der Waals surface area contributed by atoms with E-state index in [0.717, 1.165) is 52.0 Å². The number of fused-ring (bicyclic) bond motifs is 1. The lowest BCUT2D eigenvalue weighted by Gasteiger charge is -2.35. The first-order valence-electron chi connectivity index (χ1n) is 13.5. The van der Waals surface area contributed by atoms with Crippen molar-refractivity contribution in [3.05, 3.63) is 60.8 Å². The Morgan fingerprint density at radius 1 is 0.949 bits per heavy atom. The maximum absolute atomic E-state index is 6.36. The fourth-order valence-electron chi connectivity index (χ4n) is 4.18.